The summed E-state index contributed by atoms with van der Waals surface area (Å²) in [6.07, 6.45) is -0.832. The second-order valence-electron chi connectivity index (χ2n) is 5.05. The summed E-state index contributed by atoms with van der Waals surface area (Å²) < 4.78 is 10.2. The van der Waals surface area contributed by atoms with Crippen LogP contribution in [0.25, 0.3) is 0 Å². The van der Waals surface area contributed by atoms with Gasteiger partial charge in [0.2, 0.25) is 0 Å². The highest BCUT2D eigenvalue weighted by Gasteiger charge is 2.28. The van der Waals surface area contributed by atoms with Gasteiger partial charge in [0.1, 0.15) is 0 Å². The SMILES string of the molecule is COCC(C)N(C(=O)C(C)OC(C)=O)c1ccccc1C. The number of nitrogens with zero attached hydrogens (tertiary/aromatic N) is 1. The van der Waals surface area contributed by atoms with Crippen molar-refractivity contribution in [3.8, 4) is 0 Å². The van der Waals surface area contributed by atoms with Crippen LogP contribution in [0.15, 0.2) is 24.3 Å². The number of esters is 1. The third-order valence-electron chi connectivity index (χ3n) is 3.15. The summed E-state index contributed by atoms with van der Waals surface area (Å²) in [5, 5.41) is 0. The molecule has 0 N–H and O–H groups in total. The highest BCUT2D eigenvalue weighted by Crippen LogP contribution is 2.23. The zero-order valence-corrected chi connectivity index (χ0v) is 13.3. The molecule has 1 aromatic carbocycles. The smallest absolute Gasteiger partial charge is 0.303 e. The molecule has 0 heterocycles. The van der Waals surface area contributed by atoms with Crippen molar-refractivity contribution in [3.63, 3.8) is 0 Å². The molecule has 2 atom stereocenters. The monoisotopic (exact) mass is 293 g/mol. The number of methoxy groups -OCH3 is 1. The van der Waals surface area contributed by atoms with Crippen molar-refractivity contribution in [3.05, 3.63) is 29.8 Å². The van der Waals surface area contributed by atoms with Gasteiger partial charge in [0.15, 0.2) is 6.10 Å². The minimum atomic E-state index is -0.832. The van der Waals surface area contributed by atoms with Crippen molar-refractivity contribution >= 4 is 17.6 Å². The molecule has 21 heavy (non-hydrogen) atoms. The Morgan fingerprint density at radius 3 is 2.38 bits per heavy atom. The van der Waals surface area contributed by atoms with E-state index in [9.17, 15) is 9.59 Å². The summed E-state index contributed by atoms with van der Waals surface area (Å²) in [6, 6.07) is 7.43. The molecule has 0 spiro atoms. The fourth-order valence-corrected chi connectivity index (χ4v) is 2.22. The predicted octanol–water partition coefficient (Wildman–Crippen LogP) is 2.31. The number of hydrogen-bond acceptors (Lipinski definition) is 4. The van der Waals surface area contributed by atoms with E-state index in [1.165, 1.54) is 6.92 Å². The summed E-state index contributed by atoms with van der Waals surface area (Å²) >= 11 is 0. The molecule has 1 rings (SSSR count). The lowest BCUT2D eigenvalue weighted by Gasteiger charge is -2.32. The molecule has 116 valence electrons. The number of rotatable bonds is 6. The largest absolute Gasteiger partial charge is 0.453 e. The number of hydrogen-bond donors (Lipinski definition) is 0. The maximum Gasteiger partial charge on any atom is 0.303 e. The number of para-hydroxylation sites is 1. The highest BCUT2D eigenvalue weighted by molar-refractivity contribution is 5.98. The molecule has 5 nitrogen and oxygen atoms in total. The molecular formula is C16H23NO4. The molecule has 0 fully saturated rings. The van der Waals surface area contributed by atoms with E-state index in [4.69, 9.17) is 9.47 Å². The molecule has 0 aliphatic carbocycles. The minimum absolute atomic E-state index is 0.165. The van der Waals surface area contributed by atoms with E-state index in [1.807, 2.05) is 38.1 Å². The van der Waals surface area contributed by atoms with Gasteiger partial charge in [0.05, 0.1) is 12.6 Å². The highest BCUT2D eigenvalue weighted by atomic mass is 16.5. The molecule has 2 unspecified atom stereocenters. The lowest BCUT2D eigenvalue weighted by atomic mass is 10.1. The Morgan fingerprint density at radius 1 is 1.24 bits per heavy atom. The lowest BCUT2D eigenvalue weighted by Crippen LogP contribution is -2.47. The molecule has 0 aliphatic heterocycles. The van der Waals surface area contributed by atoms with Gasteiger partial charge in [-0.05, 0) is 32.4 Å². The average molecular weight is 293 g/mol. The number of ether oxygens (including phenoxy) is 2. The maximum absolute atomic E-state index is 12.6. The molecule has 1 aromatic rings. The van der Waals surface area contributed by atoms with Crippen LogP contribution >= 0.6 is 0 Å². The molecule has 0 aliphatic rings. The van der Waals surface area contributed by atoms with Crippen LogP contribution in [-0.2, 0) is 19.1 Å². The second-order valence-corrected chi connectivity index (χ2v) is 5.05. The van der Waals surface area contributed by atoms with E-state index in [1.54, 1.807) is 18.9 Å². The van der Waals surface area contributed by atoms with Crippen LogP contribution in [0.2, 0.25) is 0 Å². The fourth-order valence-electron chi connectivity index (χ4n) is 2.22. The summed E-state index contributed by atoms with van der Waals surface area (Å²) in [7, 11) is 1.59. The topological polar surface area (TPSA) is 55.8 Å². The van der Waals surface area contributed by atoms with Gasteiger partial charge >= 0.3 is 5.97 Å². The maximum atomic E-state index is 12.6. The molecule has 0 radical (unpaired) electrons. The first-order valence-electron chi connectivity index (χ1n) is 6.93. The number of amides is 1. The number of carbonyl (C=O) groups excluding carboxylic acids is 2. The van der Waals surface area contributed by atoms with Gasteiger partial charge in [-0.15, -0.1) is 0 Å². The van der Waals surface area contributed by atoms with Crippen molar-refractivity contribution in [1.29, 1.82) is 0 Å². The molecule has 0 saturated heterocycles. The number of benzene rings is 1. The summed E-state index contributed by atoms with van der Waals surface area (Å²) in [5.41, 5.74) is 1.77. The van der Waals surface area contributed by atoms with Gasteiger partial charge in [-0.25, -0.2) is 0 Å². The van der Waals surface area contributed by atoms with Crippen LogP contribution in [0.5, 0.6) is 0 Å². The minimum Gasteiger partial charge on any atom is -0.453 e. The van der Waals surface area contributed by atoms with Gasteiger partial charge in [-0.2, -0.15) is 0 Å². The Hall–Kier alpha value is -1.88. The molecule has 0 bridgehead atoms. The van der Waals surface area contributed by atoms with Crippen LogP contribution in [0, 0.1) is 6.92 Å². The van der Waals surface area contributed by atoms with Gasteiger partial charge in [0, 0.05) is 19.7 Å². The third-order valence-corrected chi connectivity index (χ3v) is 3.15. The van der Waals surface area contributed by atoms with E-state index in [2.05, 4.69) is 0 Å². The van der Waals surface area contributed by atoms with Crippen molar-refractivity contribution < 1.29 is 19.1 Å². The van der Waals surface area contributed by atoms with E-state index in [-0.39, 0.29) is 11.9 Å². The average Bonchev–Trinajstić information content (AvgIpc) is 2.40. The van der Waals surface area contributed by atoms with Crippen molar-refractivity contribution in [1.82, 2.24) is 0 Å². The van der Waals surface area contributed by atoms with Crippen LogP contribution in [0.3, 0.4) is 0 Å². The quantitative estimate of drug-likeness (QED) is 0.755. The van der Waals surface area contributed by atoms with Gasteiger partial charge in [-0.1, -0.05) is 18.2 Å². The Kier molecular flexibility index (Phi) is 6.37. The molecular weight excluding hydrogens is 270 g/mol. The number of aryl methyl sites for hydroxylation is 1. The standard InChI is InChI=1S/C16H23NO4/c1-11-8-6-7-9-15(11)17(12(2)10-20-5)16(19)13(3)21-14(4)18/h6-9,12-13H,10H2,1-5H3. The first-order valence-corrected chi connectivity index (χ1v) is 6.93. The van der Waals surface area contributed by atoms with Gasteiger partial charge in [-0.3, -0.25) is 9.59 Å². The van der Waals surface area contributed by atoms with Crippen molar-refractivity contribution in [2.24, 2.45) is 0 Å². The van der Waals surface area contributed by atoms with Crippen LogP contribution in [0.4, 0.5) is 5.69 Å². The normalized spacial score (nSPS) is 13.4. The fraction of sp³-hybridized carbons (Fsp3) is 0.500. The Labute approximate surface area is 125 Å². The Balaban J connectivity index is 3.11. The van der Waals surface area contributed by atoms with Crippen LogP contribution in [-0.4, -0.2) is 37.7 Å². The van der Waals surface area contributed by atoms with Crippen molar-refractivity contribution in [2.75, 3.05) is 18.6 Å². The van der Waals surface area contributed by atoms with Gasteiger partial charge < -0.3 is 14.4 Å². The van der Waals surface area contributed by atoms with Crippen molar-refractivity contribution in [2.45, 2.75) is 39.8 Å². The molecule has 1 amide bonds. The molecule has 0 aromatic heterocycles. The van der Waals surface area contributed by atoms with Gasteiger partial charge in [0.25, 0.3) is 5.91 Å². The second kappa shape index (κ2) is 7.78. The predicted molar refractivity (Wildman–Crippen MR) is 81.2 cm³/mol. The zero-order chi connectivity index (χ0) is 16.0. The van der Waals surface area contributed by atoms with E-state index in [0.717, 1.165) is 11.3 Å². The summed E-state index contributed by atoms with van der Waals surface area (Å²) in [6.45, 7) is 7.10. The van der Waals surface area contributed by atoms with Crippen LogP contribution in [0.1, 0.15) is 26.3 Å². The molecule has 0 saturated carbocycles. The summed E-state index contributed by atoms with van der Waals surface area (Å²) in [4.78, 5) is 25.3. The third kappa shape index (κ3) is 4.56. The lowest BCUT2D eigenvalue weighted by molar-refractivity contribution is -0.151. The van der Waals surface area contributed by atoms with E-state index in [0.29, 0.717) is 6.61 Å². The Bertz CT molecular complexity index is 501. The number of anilines is 1. The van der Waals surface area contributed by atoms with Crippen LogP contribution < -0.4 is 4.90 Å². The molecule has 5 heteroatoms. The van der Waals surface area contributed by atoms with E-state index >= 15 is 0 Å². The Morgan fingerprint density at radius 2 is 1.86 bits per heavy atom. The first-order chi connectivity index (χ1) is 9.88. The zero-order valence-electron chi connectivity index (χ0n) is 13.3. The number of carbonyl (C=O) groups is 2. The van der Waals surface area contributed by atoms with E-state index < -0.39 is 12.1 Å². The summed E-state index contributed by atoms with van der Waals surface area (Å²) in [5.74, 6) is -0.732. The first kappa shape index (κ1) is 17.2.